The van der Waals surface area contributed by atoms with Gasteiger partial charge in [0.25, 0.3) is 0 Å². The van der Waals surface area contributed by atoms with E-state index in [1.807, 2.05) is 25.1 Å². The van der Waals surface area contributed by atoms with E-state index in [1.54, 1.807) is 0 Å². The van der Waals surface area contributed by atoms with Gasteiger partial charge < -0.3 is 9.88 Å². The summed E-state index contributed by atoms with van der Waals surface area (Å²) >= 11 is 1.49. The van der Waals surface area contributed by atoms with Crippen LogP contribution in [0.25, 0.3) is 0 Å². The fraction of sp³-hybridized carbons (Fsp3) is 0.500. The zero-order valence-electron chi connectivity index (χ0n) is 14.2. The third kappa shape index (κ3) is 4.17. The molecule has 6 heteroatoms. The minimum absolute atomic E-state index is 0.0593. The summed E-state index contributed by atoms with van der Waals surface area (Å²) in [5.74, 6) is 1.64. The molecular weight excluding hydrogens is 320 g/mol. The van der Waals surface area contributed by atoms with Gasteiger partial charge in [-0.3, -0.25) is 4.79 Å². The van der Waals surface area contributed by atoms with Crippen LogP contribution in [0.2, 0.25) is 0 Å². The van der Waals surface area contributed by atoms with Crippen molar-refractivity contribution in [2.45, 2.75) is 56.0 Å². The molecule has 2 aromatic rings. The number of rotatable bonds is 8. The molecule has 128 valence electrons. The lowest BCUT2D eigenvalue weighted by Crippen LogP contribution is -2.31. The van der Waals surface area contributed by atoms with Gasteiger partial charge in [0, 0.05) is 12.5 Å². The van der Waals surface area contributed by atoms with Gasteiger partial charge >= 0.3 is 0 Å². The maximum absolute atomic E-state index is 12.1. The Morgan fingerprint density at radius 2 is 2.08 bits per heavy atom. The number of benzene rings is 1. The molecule has 0 spiro atoms. The van der Waals surface area contributed by atoms with E-state index >= 15 is 0 Å². The summed E-state index contributed by atoms with van der Waals surface area (Å²) in [4.78, 5) is 12.1. The highest BCUT2D eigenvalue weighted by Gasteiger charge is 2.31. The van der Waals surface area contributed by atoms with E-state index in [2.05, 4.69) is 39.1 Å². The SMILES string of the molecule is CCCNC(=O)[C@H](C)Sc1nnc(C2CC2)n1Cc1ccccc1. The zero-order valence-corrected chi connectivity index (χ0v) is 15.1. The summed E-state index contributed by atoms with van der Waals surface area (Å²) in [6.07, 6.45) is 3.31. The van der Waals surface area contributed by atoms with Gasteiger partial charge in [0.1, 0.15) is 5.82 Å². The van der Waals surface area contributed by atoms with Crippen LogP contribution < -0.4 is 5.32 Å². The molecule has 1 saturated carbocycles. The standard InChI is InChI=1S/C18H24N4OS/c1-3-11-19-17(23)13(2)24-18-21-20-16(15-9-10-15)22(18)12-14-7-5-4-6-8-14/h4-8,13,15H,3,9-12H2,1-2H3,(H,19,23)/t13-/m0/s1. The second-order valence-electron chi connectivity index (χ2n) is 6.24. The number of hydrogen-bond acceptors (Lipinski definition) is 4. The summed E-state index contributed by atoms with van der Waals surface area (Å²) in [5.41, 5.74) is 1.23. The molecule has 24 heavy (non-hydrogen) atoms. The predicted octanol–water partition coefficient (Wildman–Crippen LogP) is 3.21. The van der Waals surface area contributed by atoms with Crippen molar-refractivity contribution in [3.63, 3.8) is 0 Å². The molecule has 0 bridgehead atoms. The Morgan fingerprint density at radius 1 is 1.33 bits per heavy atom. The Labute approximate surface area is 147 Å². The lowest BCUT2D eigenvalue weighted by Gasteiger charge is -2.13. The smallest absolute Gasteiger partial charge is 0.233 e. The van der Waals surface area contributed by atoms with Crippen molar-refractivity contribution in [2.75, 3.05) is 6.54 Å². The molecule has 0 saturated heterocycles. The fourth-order valence-corrected chi connectivity index (χ4v) is 3.43. The second-order valence-corrected chi connectivity index (χ2v) is 7.55. The van der Waals surface area contributed by atoms with Crippen LogP contribution in [0.4, 0.5) is 0 Å². The summed E-state index contributed by atoms with van der Waals surface area (Å²) in [7, 11) is 0. The van der Waals surface area contributed by atoms with Crippen LogP contribution in [-0.4, -0.2) is 32.5 Å². The summed E-state index contributed by atoms with van der Waals surface area (Å²) in [5, 5.41) is 12.4. The van der Waals surface area contributed by atoms with Crippen LogP contribution in [0.15, 0.2) is 35.5 Å². The quantitative estimate of drug-likeness (QED) is 0.747. The largest absolute Gasteiger partial charge is 0.355 e. The van der Waals surface area contributed by atoms with Crippen molar-refractivity contribution in [1.82, 2.24) is 20.1 Å². The summed E-state index contributed by atoms with van der Waals surface area (Å²) in [6, 6.07) is 10.3. The number of nitrogens with one attached hydrogen (secondary N) is 1. The lowest BCUT2D eigenvalue weighted by molar-refractivity contribution is -0.120. The molecule has 1 atom stereocenters. The molecule has 1 fully saturated rings. The average molecular weight is 344 g/mol. The van der Waals surface area contributed by atoms with E-state index in [0.29, 0.717) is 12.5 Å². The number of carbonyl (C=O) groups excluding carboxylic acids is 1. The van der Waals surface area contributed by atoms with E-state index < -0.39 is 0 Å². The van der Waals surface area contributed by atoms with Crippen molar-refractivity contribution >= 4 is 17.7 Å². The van der Waals surface area contributed by atoms with Crippen molar-refractivity contribution in [2.24, 2.45) is 0 Å². The number of thioether (sulfide) groups is 1. The van der Waals surface area contributed by atoms with E-state index in [4.69, 9.17) is 0 Å². The van der Waals surface area contributed by atoms with Gasteiger partial charge in [-0.15, -0.1) is 10.2 Å². The number of hydrogen-bond donors (Lipinski definition) is 1. The summed E-state index contributed by atoms with van der Waals surface area (Å²) < 4.78 is 2.18. The van der Waals surface area contributed by atoms with Crippen molar-refractivity contribution in [3.05, 3.63) is 41.7 Å². The van der Waals surface area contributed by atoms with Crippen molar-refractivity contribution < 1.29 is 4.79 Å². The molecule has 1 aromatic heterocycles. The van der Waals surface area contributed by atoms with Crippen LogP contribution in [0.3, 0.4) is 0 Å². The Bertz CT molecular complexity index is 682. The Kier molecular flexibility index (Phi) is 5.56. The Hall–Kier alpha value is -1.82. The van der Waals surface area contributed by atoms with Crippen LogP contribution in [0.1, 0.15) is 50.4 Å². The minimum Gasteiger partial charge on any atom is -0.355 e. The Morgan fingerprint density at radius 3 is 2.75 bits per heavy atom. The molecular formula is C18H24N4OS. The zero-order chi connectivity index (χ0) is 16.9. The maximum Gasteiger partial charge on any atom is 0.233 e. The van der Waals surface area contributed by atoms with Gasteiger partial charge in [-0.1, -0.05) is 49.0 Å². The Balaban J connectivity index is 1.76. The molecule has 3 rings (SSSR count). The minimum atomic E-state index is -0.178. The van der Waals surface area contributed by atoms with Crippen LogP contribution in [-0.2, 0) is 11.3 Å². The average Bonchev–Trinajstić information content (AvgIpc) is 3.37. The lowest BCUT2D eigenvalue weighted by atomic mass is 10.2. The first-order valence-corrected chi connectivity index (χ1v) is 9.48. The van der Waals surface area contributed by atoms with E-state index in [9.17, 15) is 4.79 Å². The van der Waals surface area contributed by atoms with Crippen LogP contribution in [0.5, 0.6) is 0 Å². The first kappa shape index (κ1) is 17.0. The third-order valence-electron chi connectivity index (χ3n) is 4.07. The van der Waals surface area contributed by atoms with Gasteiger partial charge in [-0.2, -0.15) is 0 Å². The predicted molar refractivity (Wildman–Crippen MR) is 96.2 cm³/mol. The van der Waals surface area contributed by atoms with Crippen molar-refractivity contribution in [3.8, 4) is 0 Å². The highest BCUT2D eigenvalue weighted by Crippen LogP contribution is 2.40. The first-order valence-electron chi connectivity index (χ1n) is 8.60. The monoisotopic (exact) mass is 344 g/mol. The van der Waals surface area contributed by atoms with Gasteiger partial charge in [-0.05, 0) is 31.7 Å². The first-order chi connectivity index (χ1) is 11.7. The topological polar surface area (TPSA) is 59.8 Å². The molecule has 1 amide bonds. The van der Waals surface area contributed by atoms with Gasteiger partial charge in [0.05, 0.1) is 11.8 Å². The van der Waals surface area contributed by atoms with E-state index in [0.717, 1.165) is 23.9 Å². The second kappa shape index (κ2) is 7.83. The molecule has 1 heterocycles. The number of carbonyl (C=O) groups is 1. The molecule has 0 aliphatic heterocycles. The van der Waals surface area contributed by atoms with E-state index in [1.165, 1.54) is 30.2 Å². The summed E-state index contributed by atoms with van der Waals surface area (Å²) in [6.45, 7) is 5.45. The van der Waals surface area contributed by atoms with Gasteiger partial charge in [0.2, 0.25) is 5.91 Å². The van der Waals surface area contributed by atoms with E-state index in [-0.39, 0.29) is 11.2 Å². The number of aromatic nitrogens is 3. The molecule has 1 aliphatic carbocycles. The highest BCUT2D eigenvalue weighted by molar-refractivity contribution is 8.00. The van der Waals surface area contributed by atoms with Gasteiger partial charge in [0.15, 0.2) is 5.16 Å². The van der Waals surface area contributed by atoms with Crippen LogP contribution in [0, 0.1) is 0 Å². The number of nitrogens with zero attached hydrogens (tertiary/aromatic N) is 3. The van der Waals surface area contributed by atoms with Gasteiger partial charge in [-0.25, -0.2) is 0 Å². The normalized spacial score (nSPS) is 15.2. The van der Waals surface area contributed by atoms with Crippen molar-refractivity contribution in [1.29, 1.82) is 0 Å². The molecule has 0 unspecified atom stereocenters. The molecule has 1 aromatic carbocycles. The number of amides is 1. The third-order valence-corrected chi connectivity index (χ3v) is 5.15. The molecule has 5 nitrogen and oxygen atoms in total. The molecule has 1 N–H and O–H groups in total. The van der Waals surface area contributed by atoms with Crippen LogP contribution >= 0.6 is 11.8 Å². The molecule has 0 radical (unpaired) electrons. The maximum atomic E-state index is 12.1. The fourth-order valence-electron chi connectivity index (χ4n) is 2.55. The molecule has 1 aliphatic rings. The highest BCUT2D eigenvalue weighted by atomic mass is 32.2.